The van der Waals surface area contributed by atoms with Crippen LogP contribution >= 0.6 is 22.9 Å². The minimum atomic E-state index is -0.393. The van der Waals surface area contributed by atoms with Gasteiger partial charge in [0.1, 0.15) is 5.01 Å². The monoisotopic (exact) mass is 404 g/mol. The summed E-state index contributed by atoms with van der Waals surface area (Å²) in [6.07, 6.45) is 6.25. The lowest BCUT2D eigenvalue weighted by molar-refractivity contribution is -0.122. The van der Waals surface area contributed by atoms with Crippen molar-refractivity contribution in [2.45, 2.75) is 44.4 Å². The van der Waals surface area contributed by atoms with Crippen molar-refractivity contribution in [1.29, 1.82) is 0 Å². The van der Waals surface area contributed by atoms with Gasteiger partial charge in [-0.15, -0.1) is 10.2 Å². The average Bonchev–Trinajstić information content (AvgIpc) is 3.30. The van der Waals surface area contributed by atoms with Gasteiger partial charge in [-0.05, 0) is 37.1 Å². The molecular weight excluding hydrogens is 384 g/mol. The summed E-state index contributed by atoms with van der Waals surface area (Å²) in [7, 11) is 0. The van der Waals surface area contributed by atoms with Gasteiger partial charge in [-0.3, -0.25) is 9.59 Å². The molecule has 2 aliphatic rings. The highest BCUT2D eigenvalue weighted by Crippen LogP contribution is 2.35. The van der Waals surface area contributed by atoms with Crippen LogP contribution in [0.2, 0.25) is 5.02 Å². The van der Waals surface area contributed by atoms with Crippen molar-refractivity contribution in [3.63, 3.8) is 0 Å². The summed E-state index contributed by atoms with van der Waals surface area (Å²) in [6, 6.07) is 7.07. The number of hydrogen-bond donors (Lipinski definition) is 1. The predicted molar refractivity (Wildman–Crippen MR) is 106 cm³/mol. The molecule has 1 aromatic carbocycles. The van der Waals surface area contributed by atoms with Crippen molar-refractivity contribution < 1.29 is 9.59 Å². The Hall–Kier alpha value is -1.99. The molecule has 8 heteroatoms. The average molecular weight is 405 g/mol. The standard InChI is InChI=1S/C19H21ClN4O2S/c20-14-6-8-15(9-7-14)24-11-13(10-16(24)25)17(26)21-19-23-22-18(27-19)12-4-2-1-3-5-12/h6-9,12-13H,1-5,10-11H2,(H,21,23,26)/t13-/m0/s1. The fraction of sp³-hybridized carbons (Fsp3) is 0.474. The van der Waals surface area contributed by atoms with Gasteiger partial charge in [-0.25, -0.2) is 0 Å². The molecule has 1 N–H and O–H groups in total. The van der Waals surface area contributed by atoms with Crippen LogP contribution in [0, 0.1) is 5.92 Å². The maximum atomic E-state index is 12.6. The van der Waals surface area contributed by atoms with Crippen LogP contribution in [0.3, 0.4) is 0 Å². The van der Waals surface area contributed by atoms with E-state index < -0.39 is 5.92 Å². The molecule has 0 unspecified atom stereocenters. The van der Waals surface area contributed by atoms with E-state index in [1.165, 1.54) is 30.6 Å². The Morgan fingerprint density at radius 1 is 1.15 bits per heavy atom. The summed E-state index contributed by atoms with van der Waals surface area (Å²) in [4.78, 5) is 26.6. The van der Waals surface area contributed by atoms with Gasteiger partial charge in [0.25, 0.3) is 0 Å². The molecule has 1 aromatic heterocycles. The van der Waals surface area contributed by atoms with Crippen LogP contribution in [-0.2, 0) is 9.59 Å². The van der Waals surface area contributed by atoms with E-state index in [0.29, 0.717) is 22.6 Å². The highest BCUT2D eigenvalue weighted by atomic mass is 35.5. The first-order chi connectivity index (χ1) is 13.1. The third-order valence-electron chi connectivity index (χ3n) is 5.26. The van der Waals surface area contributed by atoms with Gasteiger partial charge >= 0.3 is 0 Å². The SMILES string of the molecule is O=C(Nc1nnc(C2CCCCC2)s1)[C@H]1CC(=O)N(c2ccc(Cl)cc2)C1. The van der Waals surface area contributed by atoms with E-state index in [2.05, 4.69) is 15.5 Å². The molecule has 0 spiro atoms. The summed E-state index contributed by atoms with van der Waals surface area (Å²) in [6.45, 7) is 0.362. The maximum absolute atomic E-state index is 12.6. The number of nitrogens with zero attached hydrogens (tertiary/aromatic N) is 3. The molecule has 1 saturated heterocycles. The molecule has 2 fully saturated rings. The second-order valence-corrected chi connectivity index (χ2v) is 8.60. The Kier molecular flexibility index (Phi) is 5.41. The number of carbonyl (C=O) groups is 2. The topological polar surface area (TPSA) is 75.2 Å². The summed E-state index contributed by atoms with van der Waals surface area (Å²) in [5.41, 5.74) is 0.759. The Morgan fingerprint density at radius 2 is 1.89 bits per heavy atom. The van der Waals surface area contributed by atoms with Crippen LogP contribution in [0.1, 0.15) is 49.5 Å². The number of nitrogens with one attached hydrogen (secondary N) is 1. The molecule has 4 rings (SSSR count). The minimum Gasteiger partial charge on any atom is -0.312 e. The smallest absolute Gasteiger partial charge is 0.231 e. The van der Waals surface area contributed by atoms with E-state index in [1.54, 1.807) is 29.2 Å². The van der Waals surface area contributed by atoms with Crippen molar-refractivity contribution in [3.8, 4) is 0 Å². The molecule has 6 nitrogen and oxygen atoms in total. The zero-order chi connectivity index (χ0) is 18.8. The first-order valence-corrected chi connectivity index (χ1v) is 10.5. The number of benzene rings is 1. The molecule has 2 aromatic rings. The van der Waals surface area contributed by atoms with Crippen LogP contribution in [0.15, 0.2) is 24.3 Å². The van der Waals surface area contributed by atoms with Crippen LogP contribution in [-0.4, -0.2) is 28.6 Å². The van der Waals surface area contributed by atoms with Gasteiger partial charge in [0.2, 0.25) is 16.9 Å². The predicted octanol–water partition coefficient (Wildman–Crippen LogP) is 4.23. The van der Waals surface area contributed by atoms with Crippen molar-refractivity contribution in [2.24, 2.45) is 5.92 Å². The third kappa shape index (κ3) is 4.14. The number of amides is 2. The summed E-state index contributed by atoms with van der Waals surface area (Å²) in [5.74, 6) is -0.158. The molecule has 2 heterocycles. The fourth-order valence-corrected chi connectivity index (χ4v) is 4.80. The lowest BCUT2D eigenvalue weighted by Gasteiger charge is -2.18. The molecular formula is C19H21ClN4O2S. The molecule has 1 saturated carbocycles. The Bertz CT molecular complexity index is 832. The molecule has 1 aliphatic heterocycles. The quantitative estimate of drug-likeness (QED) is 0.827. The van der Waals surface area contributed by atoms with Gasteiger partial charge in [0, 0.05) is 29.6 Å². The molecule has 27 heavy (non-hydrogen) atoms. The van der Waals surface area contributed by atoms with Crippen molar-refractivity contribution in [2.75, 3.05) is 16.8 Å². The molecule has 1 aliphatic carbocycles. The zero-order valence-electron chi connectivity index (χ0n) is 14.9. The lowest BCUT2D eigenvalue weighted by Crippen LogP contribution is -2.28. The van der Waals surface area contributed by atoms with E-state index >= 15 is 0 Å². The van der Waals surface area contributed by atoms with E-state index in [-0.39, 0.29) is 18.2 Å². The molecule has 142 valence electrons. The molecule has 0 bridgehead atoms. The van der Waals surface area contributed by atoms with E-state index in [4.69, 9.17) is 11.6 Å². The normalized spacial score (nSPS) is 20.9. The van der Waals surface area contributed by atoms with E-state index in [0.717, 1.165) is 23.5 Å². The molecule has 0 radical (unpaired) electrons. The van der Waals surface area contributed by atoms with Crippen LogP contribution in [0.4, 0.5) is 10.8 Å². The number of rotatable bonds is 4. The van der Waals surface area contributed by atoms with Crippen molar-refractivity contribution in [1.82, 2.24) is 10.2 Å². The zero-order valence-corrected chi connectivity index (χ0v) is 16.4. The Balaban J connectivity index is 1.38. The van der Waals surface area contributed by atoms with Crippen LogP contribution in [0.5, 0.6) is 0 Å². The number of hydrogen-bond acceptors (Lipinski definition) is 5. The lowest BCUT2D eigenvalue weighted by atomic mass is 9.90. The second-order valence-electron chi connectivity index (χ2n) is 7.15. The van der Waals surface area contributed by atoms with E-state index in [9.17, 15) is 9.59 Å². The molecule has 1 atom stereocenters. The van der Waals surface area contributed by atoms with Gasteiger partial charge in [-0.1, -0.05) is 42.2 Å². The van der Waals surface area contributed by atoms with Gasteiger partial charge < -0.3 is 10.2 Å². The van der Waals surface area contributed by atoms with Gasteiger partial charge in [-0.2, -0.15) is 0 Å². The largest absolute Gasteiger partial charge is 0.312 e. The number of halogens is 1. The molecule has 2 amide bonds. The first-order valence-electron chi connectivity index (χ1n) is 9.30. The fourth-order valence-electron chi connectivity index (χ4n) is 3.76. The summed E-state index contributed by atoms with van der Waals surface area (Å²) < 4.78 is 0. The number of carbonyl (C=O) groups excluding carboxylic acids is 2. The number of aromatic nitrogens is 2. The van der Waals surface area contributed by atoms with Crippen molar-refractivity contribution in [3.05, 3.63) is 34.3 Å². The highest BCUT2D eigenvalue weighted by molar-refractivity contribution is 7.15. The second kappa shape index (κ2) is 7.94. The van der Waals surface area contributed by atoms with Crippen LogP contribution < -0.4 is 10.2 Å². The minimum absolute atomic E-state index is 0.0577. The maximum Gasteiger partial charge on any atom is 0.231 e. The summed E-state index contributed by atoms with van der Waals surface area (Å²) >= 11 is 7.36. The van der Waals surface area contributed by atoms with Crippen LogP contribution in [0.25, 0.3) is 0 Å². The summed E-state index contributed by atoms with van der Waals surface area (Å²) in [5, 5.41) is 13.4. The Morgan fingerprint density at radius 3 is 2.63 bits per heavy atom. The number of anilines is 2. The Labute approximate surface area is 166 Å². The first kappa shape index (κ1) is 18.4. The van der Waals surface area contributed by atoms with E-state index in [1.807, 2.05) is 0 Å². The van der Waals surface area contributed by atoms with Crippen molar-refractivity contribution >= 4 is 45.6 Å². The highest BCUT2D eigenvalue weighted by Gasteiger charge is 2.35. The third-order valence-corrected chi connectivity index (χ3v) is 6.51. The van der Waals surface area contributed by atoms with Gasteiger partial charge in [0.05, 0.1) is 5.92 Å². The van der Waals surface area contributed by atoms with Gasteiger partial charge in [0.15, 0.2) is 0 Å².